The number of benzene rings is 2. The largest absolute Gasteiger partial charge is 0.457 e. The number of ketones is 1. The van der Waals surface area contributed by atoms with Crippen LogP contribution in [0.3, 0.4) is 0 Å². The van der Waals surface area contributed by atoms with Crippen LogP contribution < -0.4 is 0 Å². The predicted octanol–water partition coefficient (Wildman–Crippen LogP) is 6.35. The van der Waals surface area contributed by atoms with Gasteiger partial charge in [0.15, 0.2) is 12.1 Å². The van der Waals surface area contributed by atoms with E-state index in [0.717, 1.165) is 17.5 Å². The number of hydrogen-bond donors (Lipinski definition) is 0. The van der Waals surface area contributed by atoms with E-state index in [0.29, 0.717) is 27.6 Å². The number of hydrogen-bond acceptors (Lipinski definition) is 5. The summed E-state index contributed by atoms with van der Waals surface area (Å²) in [5.74, 6) is -0.865. The van der Waals surface area contributed by atoms with Gasteiger partial charge in [0.2, 0.25) is 0 Å². The van der Waals surface area contributed by atoms with E-state index >= 15 is 0 Å². The first-order valence-corrected chi connectivity index (χ1v) is 12.9. The third-order valence-electron chi connectivity index (χ3n) is 8.63. The lowest BCUT2D eigenvalue weighted by Crippen LogP contribution is -2.59. The van der Waals surface area contributed by atoms with Gasteiger partial charge in [0, 0.05) is 32.7 Å². The van der Waals surface area contributed by atoms with Crippen molar-refractivity contribution < 1.29 is 23.8 Å². The van der Waals surface area contributed by atoms with Crippen molar-refractivity contribution in [2.24, 2.45) is 17.3 Å². The molecule has 7 atom stereocenters. The summed E-state index contributed by atoms with van der Waals surface area (Å²) >= 11 is 12.2. The van der Waals surface area contributed by atoms with E-state index in [-0.39, 0.29) is 17.6 Å². The fourth-order valence-corrected chi connectivity index (χ4v) is 7.02. The number of carbonyl (C=O) groups excluding carboxylic acids is 2. The van der Waals surface area contributed by atoms with Crippen LogP contribution in [-0.4, -0.2) is 29.6 Å². The smallest absolute Gasteiger partial charge is 0.334 e. The first-order chi connectivity index (χ1) is 17.2. The summed E-state index contributed by atoms with van der Waals surface area (Å²) in [7, 11) is 0. The molecule has 2 aromatic rings. The Morgan fingerprint density at radius 3 is 2.31 bits per heavy atom. The number of halogens is 2. The van der Waals surface area contributed by atoms with Gasteiger partial charge in [-0.3, -0.25) is 4.79 Å². The molecule has 2 aliphatic carbocycles. The minimum Gasteiger partial charge on any atom is -0.457 e. The molecule has 5 nitrogen and oxygen atoms in total. The lowest BCUT2D eigenvalue weighted by Gasteiger charge is -2.45. The Bertz CT molecular complexity index is 1300. The maximum absolute atomic E-state index is 14.4. The van der Waals surface area contributed by atoms with Crippen molar-refractivity contribution in [1.82, 2.24) is 0 Å². The number of carbonyl (C=O) groups is 2. The number of fused-ring (bicyclic) bond motifs is 2. The van der Waals surface area contributed by atoms with Gasteiger partial charge in [-0.05, 0) is 61.6 Å². The molecule has 0 aromatic heterocycles. The summed E-state index contributed by atoms with van der Waals surface area (Å²) in [6, 6.07) is 14.6. The zero-order valence-corrected chi connectivity index (χ0v) is 21.5. The highest BCUT2D eigenvalue weighted by molar-refractivity contribution is 6.30. The molecule has 1 unspecified atom stereocenters. The molecule has 2 saturated heterocycles. The molecule has 4 fully saturated rings. The van der Waals surface area contributed by atoms with Gasteiger partial charge in [0.1, 0.15) is 23.2 Å². The minimum absolute atomic E-state index is 0.0537. The number of rotatable bonds is 2. The molecule has 4 aliphatic rings. The highest BCUT2D eigenvalue weighted by Gasteiger charge is 2.78. The zero-order valence-electron chi connectivity index (χ0n) is 20.0. The standard InChI is InChI=1S/C29H26Cl2O5/c1-15-4-13-21-16(2)26(33)34-24(21)28(3)23(32)22(14-17-5-9-19(30)10-6-17)25-29(15,28)36-27(35-25)18-7-11-20(31)12-8-18/h5-12,14-15,21,24-25,27H,2,4,13H2,1,3H3/b22-14+/t15-,21-,24+,25-,27?,28-,29-/m0/s1. The number of Topliss-reactive ketones (excluding diaryl/α,β-unsaturated/α-hetero) is 1. The second-order valence-electron chi connectivity index (χ2n) is 10.4. The first kappa shape index (κ1) is 23.9. The Kier molecular flexibility index (Phi) is 5.51. The van der Waals surface area contributed by atoms with Crippen molar-refractivity contribution in [2.45, 2.75) is 50.8 Å². The molecule has 2 heterocycles. The SMILES string of the molecule is C=C1C(=O)O[C@@H]2[C@H]1CC[C@H](C)[C@]13OC(c4ccc(Cl)cc4)O[C@H]1/C(=C/c1ccc(Cl)cc1)C(=O)[C@@]23C. The Labute approximate surface area is 220 Å². The van der Waals surface area contributed by atoms with Gasteiger partial charge in [-0.25, -0.2) is 4.79 Å². The zero-order chi connectivity index (χ0) is 25.4. The van der Waals surface area contributed by atoms with Crippen LogP contribution in [0.4, 0.5) is 0 Å². The fraction of sp³-hybridized carbons (Fsp3) is 0.379. The van der Waals surface area contributed by atoms with Crippen LogP contribution in [0, 0.1) is 17.3 Å². The molecule has 2 aromatic carbocycles. The topological polar surface area (TPSA) is 61.8 Å². The quantitative estimate of drug-likeness (QED) is 0.338. The number of esters is 1. The van der Waals surface area contributed by atoms with Gasteiger partial charge in [0.25, 0.3) is 0 Å². The third-order valence-corrected chi connectivity index (χ3v) is 9.14. The summed E-state index contributed by atoms with van der Waals surface area (Å²) < 4.78 is 19.4. The highest BCUT2D eigenvalue weighted by Crippen LogP contribution is 2.66. The minimum atomic E-state index is -1.16. The molecule has 1 spiro atoms. The van der Waals surface area contributed by atoms with E-state index < -0.39 is 35.5 Å². The maximum atomic E-state index is 14.4. The van der Waals surface area contributed by atoms with Crippen molar-refractivity contribution >= 4 is 41.0 Å². The normalized spacial score (nSPS) is 38.5. The lowest BCUT2D eigenvalue weighted by atomic mass is 9.64. The molecule has 0 amide bonds. The van der Waals surface area contributed by atoms with Gasteiger partial charge < -0.3 is 14.2 Å². The first-order valence-electron chi connectivity index (χ1n) is 12.2. The molecule has 36 heavy (non-hydrogen) atoms. The van der Waals surface area contributed by atoms with E-state index in [1.54, 1.807) is 24.3 Å². The Hall–Kier alpha value is -2.44. The Balaban J connectivity index is 1.54. The predicted molar refractivity (Wildman–Crippen MR) is 136 cm³/mol. The summed E-state index contributed by atoms with van der Waals surface area (Å²) in [4.78, 5) is 27.0. The van der Waals surface area contributed by atoms with Gasteiger partial charge in [0.05, 0.1) is 0 Å². The molecule has 0 bridgehead atoms. The molecule has 2 aliphatic heterocycles. The molecule has 0 radical (unpaired) electrons. The molecule has 7 heteroatoms. The molecule has 2 saturated carbocycles. The monoisotopic (exact) mass is 524 g/mol. The third kappa shape index (κ3) is 3.16. The van der Waals surface area contributed by atoms with E-state index in [4.69, 9.17) is 37.4 Å². The summed E-state index contributed by atoms with van der Waals surface area (Å²) in [5.41, 5.74) is 0.387. The second-order valence-corrected chi connectivity index (χ2v) is 11.3. The molecular formula is C29H26Cl2O5. The van der Waals surface area contributed by atoms with Crippen LogP contribution in [0.25, 0.3) is 6.08 Å². The molecular weight excluding hydrogens is 499 g/mol. The summed E-state index contributed by atoms with van der Waals surface area (Å²) in [5, 5.41) is 1.22. The van der Waals surface area contributed by atoms with E-state index in [1.807, 2.05) is 37.3 Å². The fourth-order valence-electron chi connectivity index (χ4n) is 6.77. The van der Waals surface area contributed by atoms with Crippen LogP contribution in [0.15, 0.2) is 66.3 Å². The van der Waals surface area contributed by atoms with Crippen LogP contribution in [0.5, 0.6) is 0 Å². The van der Waals surface area contributed by atoms with Crippen LogP contribution in [-0.2, 0) is 23.8 Å². The van der Waals surface area contributed by atoms with Gasteiger partial charge in [-0.1, -0.05) is 61.0 Å². The van der Waals surface area contributed by atoms with Crippen molar-refractivity contribution in [3.63, 3.8) is 0 Å². The Morgan fingerprint density at radius 1 is 1.00 bits per heavy atom. The summed E-state index contributed by atoms with van der Waals surface area (Å²) in [6.45, 7) is 7.99. The van der Waals surface area contributed by atoms with Crippen LogP contribution in [0.2, 0.25) is 10.0 Å². The van der Waals surface area contributed by atoms with Gasteiger partial charge >= 0.3 is 5.97 Å². The molecule has 186 valence electrons. The van der Waals surface area contributed by atoms with Crippen LogP contribution in [0.1, 0.15) is 44.1 Å². The van der Waals surface area contributed by atoms with Crippen LogP contribution >= 0.6 is 23.2 Å². The van der Waals surface area contributed by atoms with Gasteiger partial charge in [-0.2, -0.15) is 0 Å². The average molecular weight is 525 g/mol. The average Bonchev–Trinajstić information content (AvgIpc) is 3.43. The molecule has 0 N–H and O–H groups in total. The van der Waals surface area contributed by atoms with E-state index in [9.17, 15) is 9.59 Å². The van der Waals surface area contributed by atoms with Crippen molar-refractivity contribution in [2.75, 3.05) is 0 Å². The van der Waals surface area contributed by atoms with Crippen molar-refractivity contribution in [3.8, 4) is 0 Å². The molecule has 6 rings (SSSR count). The highest BCUT2D eigenvalue weighted by atomic mass is 35.5. The van der Waals surface area contributed by atoms with Crippen molar-refractivity contribution in [3.05, 3.63) is 87.4 Å². The van der Waals surface area contributed by atoms with E-state index in [1.165, 1.54) is 0 Å². The summed E-state index contributed by atoms with van der Waals surface area (Å²) in [6.07, 6.45) is 1.26. The van der Waals surface area contributed by atoms with E-state index in [2.05, 4.69) is 13.5 Å². The second kappa shape index (κ2) is 8.29. The number of ether oxygens (including phenoxy) is 3. The Morgan fingerprint density at radius 2 is 1.64 bits per heavy atom. The lowest BCUT2D eigenvalue weighted by molar-refractivity contribution is -0.191. The maximum Gasteiger partial charge on any atom is 0.334 e. The van der Waals surface area contributed by atoms with Gasteiger partial charge in [-0.15, -0.1) is 0 Å². The van der Waals surface area contributed by atoms with Crippen molar-refractivity contribution in [1.29, 1.82) is 0 Å².